The summed E-state index contributed by atoms with van der Waals surface area (Å²) >= 11 is 0. The van der Waals surface area contributed by atoms with E-state index < -0.39 is 0 Å². The Morgan fingerprint density at radius 1 is 1.42 bits per heavy atom. The van der Waals surface area contributed by atoms with Gasteiger partial charge < -0.3 is 5.32 Å². The van der Waals surface area contributed by atoms with Crippen molar-refractivity contribution in [2.24, 2.45) is 5.92 Å². The van der Waals surface area contributed by atoms with Crippen molar-refractivity contribution in [3.63, 3.8) is 0 Å². The zero-order valence-corrected chi connectivity index (χ0v) is 13.2. The van der Waals surface area contributed by atoms with Gasteiger partial charge in [0, 0.05) is 24.9 Å². The van der Waals surface area contributed by atoms with Crippen molar-refractivity contribution in [2.75, 3.05) is 12.3 Å². The minimum Gasteiger partial charge on any atom is -0.355 e. The fourth-order valence-electron chi connectivity index (χ4n) is 1.49. The molecule has 0 aliphatic rings. The Morgan fingerprint density at radius 2 is 2.26 bits per heavy atom. The van der Waals surface area contributed by atoms with Crippen molar-refractivity contribution in [3.05, 3.63) is 24.4 Å². The van der Waals surface area contributed by atoms with Gasteiger partial charge in [0.25, 0.3) is 0 Å². The maximum atomic E-state index is 11.5. The first-order chi connectivity index (χ1) is 9.18. The van der Waals surface area contributed by atoms with Crippen LogP contribution in [0.2, 0.25) is 0 Å². The molecule has 1 rings (SSSR count). The van der Waals surface area contributed by atoms with E-state index in [4.69, 9.17) is 0 Å². The molecule has 0 bridgehead atoms. The van der Waals surface area contributed by atoms with E-state index in [9.17, 15) is 4.79 Å². The van der Waals surface area contributed by atoms with Crippen LogP contribution < -0.4 is 5.32 Å². The molecule has 0 radical (unpaired) electrons. The lowest BCUT2D eigenvalue weighted by Gasteiger charge is -2.06. The lowest BCUT2D eigenvalue weighted by Crippen LogP contribution is -2.25. The van der Waals surface area contributed by atoms with Crippen LogP contribution in [0.25, 0.3) is 0 Å². The van der Waals surface area contributed by atoms with Gasteiger partial charge in [0.1, 0.15) is 5.03 Å². The van der Waals surface area contributed by atoms with Crippen molar-refractivity contribution in [2.45, 2.75) is 38.1 Å². The number of pyridine rings is 1. The first-order valence-corrected chi connectivity index (χ1v) is 8.97. The molecule has 1 aromatic rings. The predicted molar refractivity (Wildman–Crippen MR) is 84.3 cm³/mol. The highest BCUT2D eigenvalue weighted by molar-refractivity contribution is 8.76. The molecule has 0 fully saturated rings. The van der Waals surface area contributed by atoms with E-state index in [1.807, 2.05) is 18.2 Å². The second-order valence-corrected chi connectivity index (χ2v) is 7.15. The molecule has 0 saturated carbocycles. The maximum absolute atomic E-state index is 11.5. The molecule has 0 saturated heterocycles. The van der Waals surface area contributed by atoms with E-state index in [1.54, 1.807) is 27.8 Å². The first kappa shape index (κ1) is 16.4. The number of aromatic nitrogens is 1. The Kier molecular flexibility index (Phi) is 8.75. The van der Waals surface area contributed by atoms with Crippen molar-refractivity contribution >= 4 is 27.5 Å². The van der Waals surface area contributed by atoms with Crippen LogP contribution in [0, 0.1) is 5.92 Å². The van der Waals surface area contributed by atoms with Crippen molar-refractivity contribution < 1.29 is 4.79 Å². The van der Waals surface area contributed by atoms with Gasteiger partial charge in [0.15, 0.2) is 0 Å². The van der Waals surface area contributed by atoms with Gasteiger partial charge in [-0.25, -0.2) is 4.98 Å². The van der Waals surface area contributed by atoms with Crippen molar-refractivity contribution in [3.8, 4) is 0 Å². The summed E-state index contributed by atoms with van der Waals surface area (Å²) in [6.45, 7) is 5.10. The molecular weight excluding hydrogens is 276 g/mol. The molecule has 5 heteroatoms. The summed E-state index contributed by atoms with van der Waals surface area (Å²) in [6, 6.07) is 5.88. The summed E-state index contributed by atoms with van der Waals surface area (Å²) in [4.78, 5) is 15.7. The van der Waals surface area contributed by atoms with Gasteiger partial charge in [0.05, 0.1) is 0 Å². The molecule has 0 aliphatic heterocycles. The number of amides is 1. The van der Waals surface area contributed by atoms with Crippen LogP contribution in [-0.4, -0.2) is 23.2 Å². The van der Waals surface area contributed by atoms with E-state index in [2.05, 4.69) is 24.1 Å². The molecule has 1 aromatic heterocycles. The average Bonchev–Trinajstić information content (AvgIpc) is 2.39. The maximum Gasteiger partial charge on any atom is 0.220 e. The SMILES string of the molecule is CC(C)CCCC(=O)NCCSSc1ccccn1. The lowest BCUT2D eigenvalue weighted by molar-refractivity contribution is -0.121. The molecule has 0 aromatic carbocycles. The second-order valence-electron chi connectivity index (χ2n) is 4.71. The number of rotatable bonds is 9. The monoisotopic (exact) mass is 298 g/mol. The number of hydrogen-bond donors (Lipinski definition) is 1. The van der Waals surface area contributed by atoms with Gasteiger partial charge in [0.2, 0.25) is 5.91 Å². The standard InChI is InChI=1S/C14H22N2OS2/c1-12(2)6-5-7-13(17)15-10-11-18-19-14-8-3-4-9-16-14/h3-4,8-9,12H,5-7,10-11H2,1-2H3,(H,15,17). The number of carbonyl (C=O) groups excluding carboxylic acids is 1. The highest BCUT2D eigenvalue weighted by Gasteiger charge is 2.02. The van der Waals surface area contributed by atoms with E-state index in [0.717, 1.165) is 30.2 Å². The van der Waals surface area contributed by atoms with Crippen LogP contribution in [0.1, 0.15) is 33.1 Å². The van der Waals surface area contributed by atoms with Crippen molar-refractivity contribution in [1.29, 1.82) is 0 Å². The molecule has 106 valence electrons. The largest absolute Gasteiger partial charge is 0.355 e. The summed E-state index contributed by atoms with van der Waals surface area (Å²) in [5.41, 5.74) is 0. The van der Waals surface area contributed by atoms with Crippen LogP contribution in [0.4, 0.5) is 0 Å². The van der Waals surface area contributed by atoms with Gasteiger partial charge in [-0.15, -0.1) is 0 Å². The topological polar surface area (TPSA) is 42.0 Å². The minimum absolute atomic E-state index is 0.170. The van der Waals surface area contributed by atoms with Crippen LogP contribution in [0.5, 0.6) is 0 Å². The molecule has 0 spiro atoms. The average molecular weight is 298 g/mol. The quantitative estimate of drug-likeness (QED) is 0.557. The number of nitrogens with one attached hydrogen (secondary N) is 1. The third-order valence-electron chi connectivity index (χ3n) is 2.47. The van der Waals surface area contributed by atoms with Crippen LogP contribution >= 0.6 is 21.6 Å². The Balaban J connectivity index is 1.97. The molecule has 0 atom stereocenters. The summed E-state index contributed by atoms with van der Waals surface area (Å²) in [6.07, 6.45) is 4.55. The van der Waals surface area contributed by atoms with Gasteiger partial charge in [-0.05, 0) is 35.3 Å². The van der Waals surface area contributed by atoms with Crippen molar-refractivity contribution in [1.82, 2.24) is 10.3 Å². The third kappa shape index (κ3) is 8.94. The normalized spacial score (nSPS) is 10.7. The highest BCUT2D eigenvalue weighted by Crippen LogP contribution is 2.28. The van der Waals surface area contributed by atoms with Gasteiger partial charge in [-0.3, -0.25) is 4.79 Å². The van der Waals surface area contributed by atoms with Gasteiger partial charge in [-0.1, -0.05) is 37.1 Å². The fraction of sp³-hybridized carbons (Fsp3) is 0.571. The smallest absolute Gasteiger partial charge is 0.220 e. The highest BCUT2D eigenvalue weighted by atomic mass is 33.1. The molecular formula is C14H22N2OS2. The summed E-state index contributed by atoms with van der Waals surface area (Å²) in [7, 11) is 3.36. The fourth-order valence-corrected chi connectivity index (χ4v) is 3.28. The zero-order chi connectivity index (χ0) is 13.9. The number of carbonyl (C=O) groups is 1. The Hall–Kier alpha value is -0.680. The number of nitrogens with zero attached hydrogens (tertiary/aromatic N) is 1. The Labute approximate surface area is 123 Å². The van der Waals surface area contributed by atoms with Crippen LogP contribution in [0.3, 0.4) is 0 Å². The van der Waals surface area contributed by atoms with E-state index in [-0.39, 0.29) is 5.91 Å². The lowest BCUT2D eigenvalue weighted by atomic mass is 10.1. The zero-order valence-electron chi connectivity index (χ0n) is 11.6. The first-order valence-electron chi connectivity index (χ1n) is 6.65. The minimum atomic E-state index is 0.170. The molecule has 19 heavy (non-hydrogen) atoms. The Bertz CT molecular complexity index is 358. The third-order valence-corrected chi connectivity index (χ3v) is 4.74. The summed E-state index contributed by atoms with van der Waals surface area (Å²) in [5.74, 6) is 1.75. The van der Waals surface area contributed by atoms with E-state index in [1.165, 1.54) is 0 Å². The summed E-state index contributed by atoms with van der Waals surface area (Å²) in [5, 5.41) is 3.96. The van der Waals surface area contributed by atoms with Gasteiger partial charge in [-0.2, -0.15) is 0 Å². The molecule has 0 aliphatic carbocycles. The summed E-state index contributed by atoms with van der Waals surface area (Å²) < 4.78 is 0. The van der Waals surface area contributed by atoms with E-state index >= 15 is 0 Å². The number of hydrogen-bond acceptors (Lipinski definition) is 4. The molecule has 1 heterocycles. The molecule has 3 nitrogen and oxygen atoms in total. The van der Waals surface area contributed by atoms with E-state index in [0.29, 0.717) is 12.3 Å². The van der Waals surface area contributed by atoms with Crippen LogP contribution in [0.15, 0.2) is 29.4 Å². The molecule has 0 unspecified atom stereocenters. The molecule has 1 N–H and O–H groups in total. The van der Waals surface area contributed by atoms with Crippen LogP contribution in [-0.2, 0) is 4.79 Å². The van der Waals surface area contributed by atoms with Gasteiger partial charge >= 0.3 is 0 Å². The second kappa shape index (κ2) is 10.1. The predicted octanol–water partition coefficient (Wildman–Crippen LogP) is 3.76. The Morgan fingerprint density at radius 3 is 2.95 bits per heavy atom. The molecule has 1 amide bonds.